The molecule has 0 aromatic carbocycles. The van der Waals surface area contributed by atoms with E-state index in [1.165, 1.54) is 44.9 Å². The molecule has 0 amide bonds. The molecule has 3 fully saturated rings. The summed E-state index contributed by atoms with van der Waals surface area (Å²) in [6.45, 7) is 7.06. The summed E-state index contributed by atoms with van der Waals surface area (Å²) in [6.07, 6.45) is 13.9. The Balaban J connectivity index is 1.65. The van der Waals surface area contributed by atoms with Crippen LogP contribution in [0.15, 0.2) is 12.2 Å². The van der Waals surface area contributed by atoms with Gasteiger partial charge < -0.3 is 10.8 Å². The van der Waals surface area contributed by atoms with Crippen LogP contribution < -0.4 is 5.73 Å². The molecule has 0 aromatic rings. The van der Waals surface area contributed by atoms with Gasteiger partial charge in [0, 0.05) is 6.04 Å². The molecule has 0 spiro atoms. The smallest absolute Gasteiger partial charge is 0.0545 e. The summed E-state index contributed by atoms with van der Waals surface area (Å²) in [5.41, 5.74) is 7.09. The SMILES string of the molecule is CC(O)C1CCC2C3C=CC4CC(N)CCC4(C)C3CCC12C. The molecule has 0 saturated heterocycles. The fourth-order valence-corrected chi connectivity index (χ4v) is 7.48. The first-order chi connectivity index (χ1) is 10.9. The number of aliphatic hydroxyl groups is 1. The van der Waals surface area contributed by atoms with Crippen LogP contribution in [-0.4, -0.2) is 17.3 Å². The van der Waals surface area contributed by atoms with E-state index in [1.807, 2.05) is 6.92 Å². The van der Waals surface area contributed by atoms with E-state index in [1.54, 1.807) is 0 Å². The predicted octanol–water partition coefficient (Wildman–Crippen LogP) is 4.13. The molecule has 4 rings (SSSR count). The van der Waals surface area contributed by atoms with E-state index in [-0.39, 0.29) is 6.10 Å². The highest BCUT2D eigenvalue weighted by Gasteiger charge is 2.59. The Hall–Kier alpha value is -0.340. The lowest BCUT2D eigenvalue weighted by atomic mass is 9.46. The van der Waals surface area contributed by atoms with Crippen LogP contribution >= 0.6 is 0 Å². The fraction of sp³-hybridized carbons (Fsp3) is 0.905. The molecule has 0 aliphatic heterocycles. The van der Waals surface area contributed by atoms with Crippen LogP contribution in [0.3, 0.4) is 0 Å². The van der Waals surface area contributed by atoms with Crippen molar-refractivity contribution >= 4 is 0 Å². The minimum absolute atomic E-state index is 0.148. The zero-order chi connectivity index (χ0) is 16.4. The maximum atomic E-state index is 10.3. The van der Waals surface area contributed by atoms with Crippen LogP contribution in [0, 0.1) is 40.4 Å². The van der Waals surface area contributed by atoms with E-state index >= 15 is 0 Å². The second-order valence-electron chi connectivity index (χ2n) is 9.79. The van der Waals surface area contributed by atoms with Crippen LogP contribution in [0.25, 0.3) is 0 Å². The first-order valence-electron chi connectivity index (χ1n) is 9.98. The molecule has 9 unspecified atom stereocenters. The first kappa shape index (κ1) is 16.1. The third kappa shape index (κ3) is 2.20. The van der Waals surface area contributed by atoms with E-state index in [2.05, 4.69) is 26.0 Å². The third-order valence-electron chi connectivity index (χ3n) is 8.86. The normalized spacial score (nSPS) is 56.6. The van der Waals surface area contributed by atoms with Gasteiger partial charge in [-0.3, -0.25) is 0 Å². The molecule has 4 aliphatic carbocycles. The van der Waals surface area contributed by atoms with Crippen LogP contribution in [-0.2, 0) is 0 Å². The van der Waals surface area contributed by atoms with Crippen molar-refractivity contribution < 1.29 is 5.11 Å². The monoisotopic (exact) mass is 317 g/mol. The quantitative estimate of drug-likeness (QED) is 0.714. The molecule has 130 valence electrons. The summed E-state index contributed by atoms with van der Waals surface area (Å²) in [4.78, 5) is 0. The van der Waals surface area contributed by atoms with Gasteiger partial charge in [-0.1, -0.05) is 26.0 Å². The predicted molar refractivity (Wildman–Crippen MR) is 94.8 cm³/mol. The zero-order valence-corrected chi connectivity index (χ0v) is 15.2. The number of aliphatic hydroxyl groups excluding tert-OH is 1. The molecule has 0 aromatic heterocycles. The molecule has 9 atom stereocenters. The minimum Gasteiger partial charge on any atom is -0.393 e. The molecule has 23 heavy (non-hydrogen) atoms. The summed E-state index contributed by atoms with van der Waals surface area (Å²) in [5.74, 6) is 3.58. The summed E-state index contributed by atoms with van der Waals surface area (Å²) < 4.78 is 0. The fourth-order valence-electron chi connectivity index (χ4n) is 7.48. The molecule has 3 saturated carbocycles. The molecule has 2 heteroatoms. The molecule has 2 nitrogen and oxygen atoms in total. The van der Waals surface area contributed by atoms with E-state index in [0.717, 1.165) is 17.8 Å². The average Bonchev–Trinajstić information content (AvgIpc) is 2.85. The zero-order valence-electron chi connectivity index (χ0n) is 15.2. The molecular formula is C21H35NO. The Labute approximate surface area is 141 Å². The van der Waals surface area contributed by atoms with Gasteiger partial charge in [0.05, 0.1) is 6.10 Å². The van der Waals surface area contributed by atoms with E-state index in [0.29, 0.717) is 28.7 Å². The Morgan fingerprint density at radius 2 is 1.70 bits per heavy atom. The maximum Gasteiger partial charge on any atom is 0.0545 e. The van der Waals surface area contributed by atoms with E-state index in [9.17, 15) is 5.11 Å². The summed E-state index contributed by atoms with van der Waals surface area (Å²) >= 11 is 0. The van der Waals surface area contributed by atoms with Gasteiger partial charge in [0.1, 0.15) is 0 Å². The van der Waals surface area contributed by atoms with E-state index < -0.39 is 0 Å². The summed E-state index contributed by atoms with van der Waals surface area (Å²) in [5, 5.41) is 10.3. The van der Waals surface area contributed by atoms with Gasteiger partial charge in [-0.25, -0.2) is 0 Å². The first-order valence-corrected chi connectivity index (χ1v) is 9.98. The van der Waals surface area contributed by atoms with Gasteiger partial charge in [-0.05, 0) is 92.3 Å². The van der Waals surface area contributed by atoms with Gasteiger partial charge in [0.15, 0.2) is 0 Å². The topological polar surface area (TPSA) is 46.2 Å². The highest BCUT2D eigenvalue weighted by atomic mass is 16.3. The molecule has 3 N–H and O–H groups in total. The standard InChI is InChI=1S/C21H35NO/c1-13(23)17-6-7-18-16-5-4-14-12-15(22)8-10-20(14,2)19(16)9-11-21(17,18)3/h4-5,13-19,23H,6-12,22H2,1-3H3. The van der Waals surface area contributed by atoms with Crippen molar-refractivity contribution in [3.8, 4) is 0 Å². The number of nitrogens with two attached hydrogens (primary N) is 1. The molecule has 0 bridgehead atoms. The molecule has 0 radical (unpaired) electrons. The minimum atomic E-state index is -0.148. The summed E-state index contributed by atoms with van der Waals surface area (Å²) in [7, 11) is 0. The average molecular weight is 318 g/mol. The van der Waals surface area contributed by atoms with Gasteiger partial charge >= 0.3 is 0 Å². The van der Waals surface area contributed by atoms with Crippen LogP contribution in [0.5, 0.6) is 0 Å². The summed E-state index contributed by atoms with van der Waals surface area (Å²) in [6, 6.07) is 0.411. The van der Waals surface area contributed by atoms with Gasteiger partial charge in [-0.15, -0.1) is 0 Å². The van der Waals surface area contributed by atoms with E-state index in [4.69, 9.17) is 5.73 Å². The lowest BCUT2D eigenvalue weighted by Crippen LogP contribution is -2.53. The lowest BCUT2D eigenvalue weighted by Gasteiger charge is -2.59. The molecule has 4 aliphatic rings. The highest BCUT2D eigenvalue weighted by Crippen LogP contribution is 2.66. The molecular weight excluding hydrogens is 282 g/mol. The van der Waals surface area contributed by atoms with Gasteiger partial charge in [0.25, 0.3) is 0 Å². The molecule has 0 heterocycles. The van der Waals surface area contributed by atoms with Crippen molar-refractivity contribution in [3.05, 3.63) is 12.2 Å². The van der Waals surface area contributed by atoms with Crippen LogP contribution in [0.2, 0.25) is 0 Å². The van der Waals surface area contributed by atoms with Crippen LogP contribution in [0.1, 0.15) is 65.7 Å². The van der Waals surface area contributed by atoms with Gasteiger partial charge in [0.2, 0.25) is 0 Å². The second kappa shape index (κ2) is 5.33. The number of hydrogen-bond donors (Lipinski definition) is 2. The van der Waals surface area contributed by atoms with Crippen molar-refractivity contribution in [1.82, 2.24) is 0 Å². The van der Waals surface area contributed by atoms with Crippen molar-refractivity contribution in [2.24, 2.45) is 46.2 Å². The second-order valence-corrected chi connectivity index (χ2v) is 9.79. The number of hydrogen-bond acceptors (Lipinski definition) is 2. The Morgan fingerprint density at radius 1 is 1.00 bits per heavy atom. The highest BCUT2D eigenvalue weighted by molar-refractivity contribution is 5.18. The van der Waals surface area contributed by atoms with Crippen molar-refractivity contribution in [2.75, 3.05) is 0 Å². The number of fused-ring (bicyclic) bond motifs is 5. The van der Waals surface area contributed by atoms with Crippen molar-refractivity contribution in [3.63, 3.8) is 0 Å². The van der Waals surface area contributed by atoms with Crippen molar-refractivity contribution in [1.29, 1.82) is 0 Å². The lowest BCUT2D eigenvalue weighted by molar-refractivity contribution is -0.0745. The number of allylic oxidation sites excluding steroid dienone is 2. The largest absolute Gasteiger partial charge is 0.393 e. The maximum absolute atomic E-state index is 10.3. The Morgan fingerprint density at radius 3 is 2.43 bits per heavy atom. The Kier molecular flexibility index (Phi) is 3.74. The van der Waals surface area contributed by atoms with Crippen LogP contribution in [0.4, 0.5) is 0 Å². The third-order valence-corrected chi connectivity index (χ3v) is 8.86. The van der Waals surface area contributed by atoms with Gasteiger partial charge in [-0.2, -0.15) is 0 Å². The number of rotatable bonds is 1. The Bertz CT molecular complexity index is 500. The van der Waals surface area contributed by atoms with Crippen molar-refractivity contribution in [2.45, 2.75) is 77.9 Å².